The van der Waals surface area contributed by atoms with Crippen LogP contribution in [0.3, 0.4) is 0 Å². The van der Waals surface area contributed by atoms with Gasteiger partial charge in [-0.15, -0.1) is 11.3 Å². The van der Waals surface area contributed by atoms with Gasteiger partial charge in [0.25, 0.3) is 5.56 Å². The van der Waals surface area contributed by atoms with Crippen LogP contribution in [0.2, 0.25) is 0 Å². The summed E-state index contributed by atoms with van der Waals surface area (Å²) in [6, 6.07) is 9.73. The van der Waals surface area contributed by atoms with Gasteiger partial charge in [0.05, 0.1) is 17.0 Å². The molecule has 0 aliphatic heterocycles. The van der Waals surface area contributed by atoms with Crippen LogP contribution in [0.15, 0.2) is 34.2 Å². The highest BCUT2D eigenvalue weighted by Crippen LogP contribution is 2.36. The summed E-state index contributed by atoms with van der Waals surface area (Å²) in [7, 11) is 0. The Morgan fingerprint density at radius 2 is 2.28 bits per heavy atom. The molecule has 0 bridgehead atoms. The Hall–Kier alpha value is -2.10. The number of nitriles is 1. The molecule has 4 rings (SSSR count). The maximum Gasteiger partial charge on any atom is 0.260 e. The van der Waals surface area contributed by atoms with Crippen LogP contribution in [-0.2, 0) is 18.6 Å². The molecule has 0 radical (unpaired) electrons. The fraction of sp³-hybridized carbons (Fsp3) is 0.316. The van der Waals surface area contributed by atoms with Gasteiger partial charge in [-0.2, -0.15) is 5.26 Å². The molecule has 0 unspecified atom stereocenters. The summed E-state index contributed by atoms with van der Waals surface area (Å²) in [5.74, 6) is 1.29. The smallest absolute Gasteiger partial charge is 0.260 e. The molecule has 2 heterocycles. The molecule has 0 amide bonds. The van der Waals surface area contributed by atoms with Crippen molar-refractivity contribution in [3.8, 4) is 6.07 Å². The Morgan fingerprint density at radius 3 is 3.12 bits per heavy atom. The lowest BCUT2D eigenvalue weighted by Crippen LogP contribution is -2.13. The molecule has 1 atom stereocenters. The summed E-state index contributed by atoms with van der Waals surface area (Å²) >= 11 is 3.13. The first-order valence-electron chi connectivity index (χ1n) is 8.31. The van der Waals surface area contributed by atoms with Crippen LogP contribution in [0.25, 0.3) is 10.2 Å². The number of thiophene rings is 1. The second kappa shape index (κ2) is 6.66. The molecule has 25 heavy (non-hydrogen) atoms. The average molecular weight is 367 g/mol. The van der Waals surface area contributed by atoms with Gasteiger partial charge in [0.1, 0.15) is 4.83 Å². The maximum absolute atomic E-state index is 12.6. The predicted molar refractivity (Wildman–Crippen MR) is 102 cm³/mol. The zero-order valence-electron chi connectivity index (χ0n) is 13.8. The minimum absolute atomic E-state index is 0.0341. The van der Waals surface area contributed by atoms with E-state index in [-0.39, 0.29) is 5.56 Å². The molecule has 1 aliphatic carbocycles. The third-order valence-corrected chi connectivity index (χ3v) is 6.72. The minimum atomic E-state index is -0.0341. The van der Waals surface area contributed by atoms with Crippen LogP contribution in [0, 0.1) is 17.2 Å². The lowest BCUT2D eigenvalue weighted by Gasteiger charge is -2.17. The zero-order valence-corrected chi connectivity index (χ0v) is 15.5. The van der Waals surface area contributed by atoms with Crippen molar-refractivity contribution in [3.05, 3.63) is 56.2 Å². The van der Waals surface area contributed by atoms with Crippen molar-refractivity contribution >= 4 is 33.3 Å². The molecule has 1 N–H and O–H groups in total. The van der Waals surface area contributed by atoms with Crippen molar-refractivity contribution in [3.63, 3.8) is 0 Å². The van der Waals surface area contributed by atoms with Gasteiger partial charge in [0, 0.05) is 10.6 Å². The highest BCUT2D eigenvalue weighted by Gasteiger charge is 2.23. The normalized spacial score (nSPS) is 16.6. The number of aryl methyl sites for hydroxylation is 1. The number of aromatic nitrogens is 2. The number of thioether (sulfide) groups is 1. The van der Waals surface area contributed by atoms with E-state index in [1.54, 1.807) is 11.3 Å². The Bertz CT molecular complexity index is 1040. The first kappa shape index (κ1) is 16.4. The third-order valence-electron chi connectivity index (χ3n) is 4.65. The summed E-state index contributed by atoms with van der Waals surface area (Å²) < 4.78 is 0. The van der Waals surface area contributed by atoms with Crippen molar-refractivity contribution in [1.29, 1.82) is 5.26 Å². The minimum Gasteiger partial charge on any atom is -0.301 e. The number of nitrogens with zero attached hydrogens (tertiary/aromatic N) is 2. The average Bonchev–Trinajstić information content (AvgIpc) is 2.97. The summed E-state index contributed by atoms with van der Waals surface area (Å²) in [5, 5.41) is 10.6. The fourth-order valence-corrected chi connectivity index (χ4v) is 5.60. The monoisotopic (exact) mass is 367 g/mol. The molecule has 4 nitrogen and oxygen atoms in total. The van der Waals surface area contributed by atoms with E-state index < -0.39 is 0 Å². The predicted octanol–water partition coefficient (Wildman–Crippen LogP) is 4.27. The van der Waals surface area contributed by atoms with Crippen LogP contribution in [-0.4, -0.2) is 9.97 Å². The van der Waals surface area contributed by atoms with Crippen LogP contribution in [0.5, 0.6) is 0 Å². The summed E-state index contributed by atoms with van der Waals surface area (Å²) in [5.41, 5.74) is 2.79. The molecule has 0 spiro atoms. The van der Waals surface area contributed by atoms with Crippen LogP contribution < -0.4 is 5.56 Å². The van der Waals surface area contributed by atoms with Gasteiger partial charge in [-0.1, -0.05) is 36.9 Å². The summed E-state index contributed by atoms with van der Waals surface area (Å²) in [4.78, 5) is 22.4. The third kappa shape index (κ3) is 3.10. The number of benzene rings is 1. The van der Waals surface area contributed by atoms with Crippen molar-refractivity contribution < 1.29 is 0 Å². The Labute approximate surface area is 153 Å². The second-order valence-corrected chi connectivity index (χ2v) is 8.51. The van der Waals surface area contributed by atoms with Crippen molar-refractivity contribution in [2.45, 2.75) is 37.1 Å². The molecular formula is C19H17N3OS2. The SMILES string of the molecule is C[C@H]1CCc2c(sc3nc(SCc4ccccc4C#N)[nH]c(=O)c23)C1. The van der Waals surface area contributed by atoms with E-state index in [2.05, 4.69) is 23.0 Å². The lowest BCUT2D eigenvalue weighted by molar-refractivity contribution is 0.509. The highest BCUT2D eigenvalue weighted by atomic mass is 32.2. The molecule has 6 heteroatoms. The van der Waals surface area contributed by atoms with E-state index in [0.29, 0.717) is 22.4 Å². The van der Waals surface area contributed by atoms with E-state index >= 15 is 0 Å². The number of H-pyrrole nitrogens is 1. The topological polar surface area (TPSA) is 69.5 Å². The standard InChI is InChI=1S/C19H17N3OS2/c1-11-6-7-14-15(8-11)25-18-16(14)17(23)21-19(22-18)24-10-13-5-3-2-4-12(13)9-20/h2-5,11H,6-8,10H2,1H3,(H,21,22,23)/t11-/m0/s1. The first-order valence-corrected chi connectivity index (χ1v) is 10.1. The van der Waals surface area contributed by atoms with Crippen molar-refractivity contribution in [2.24, 2.45) is 5.92 Å². The molecular weight excluding hydrogens is 350 g/mol. The molecule has 3 aromatic rings. The first-order chi connectivity index (χ1) is 12.2. The molecule has 126 valence electrons. The van der Waals surface area contributed by atoms with E-state index in [0.717, 1.165) is 35.0 Å². The van der Waals surface area contributed by atoms with E-state index in [1.165, 1.54) is 22.2 Å². The van der Waals surface area contributed by atoms with E-state index in [4.69, 9.17) is 0 Å². The molecule has 1 aliphatic rings. The van der Waals surface area contributed by atoms with Gasteiger partial charge < -0.3 is 4.98 Å². The number of hydrogen-bond donors (Lipinski definition) is 1. The largest absolute Gasteiger partial charge is 0.301 e. The van der Waals surface area contributed by atoms with Gasteiger partial charge in [-0.05, 0) is 42.4 Å². The number of hydrogen-bond acceptors (Lipinski definition) is 5. The van der Waals surface area contributed by atoms with Gasteiger partial charge in [0.2, 0.25) is 0 Å². The molecule has 1 aromatic carbocycles. The Balaban J connectivity index is 1.66. The number of nitrogens with one attached hydrogen (secondary N) is 1. The fourth-order valence-electron chi connectivity index (χ4n) is 3.30. The van der Waals surface area contributed by atoms with Crippen LogP contribution in [0.1, 0.15) is 34.9 Å². The van der Waals surface area contributed by atoms with Crippen molar-refractivity contribution in [1.82, 2.24) is 9.97 Å². The summed E-state index contributed by atoms with van der Waals surface area (Å²) in [6.45, 7) is 2.26. The highest BCUT2D eigenvalue weighted by molar-refractivity contribution is 7.98. The Kier molecular flexibility index (Phi) is 4.36. The maximum atomic E-state index is 12.6. The molecule has 2 aromatic heterocycles. The molecule has 0 saturated heterocycles. The number of rotatable bonds is 3. The Morgan fingerprint density at radius 1 is 1.44 bits per heavy atom. The summed E-state index contributed by atoms with van der Waals surface area (Å²) in [6.07, 6.45) is 3.16. The van der Waals surface area contributed by atoms with Gasteiger partial charge >= 0.3 is 0 Å². The zero-order chi connectivity index (χ0) is 17.4. The van der Waals surface area contributed by atoms with Gasteiger partial charge in [-0.3, -0.25) is 4.79 Å². The van der Waals surface area contributed by atoms with E-state index in [1.807, 2.05) is 24.3 Å². The molecule has 0 fully saturated rings. The number of aromatic amines is 1. The van der Waals surface area contributed by atoms with Gasteiger partial charge in [-0.25, -0.2) is 4.98 Å². The van der Waals surface area contributed by atoms with E-state index in [9.17, 15) is 10.1 Å². The quantitative estimate of drug-likeness (QED) is 0.554. The second-order valence-electron chi connectivity index (χ2n) is 6.46. The van der Waals surface area contributed by atoms with Gasteiger partial charge in [0.15, 0.2) is 5.16 Å². The van der Waals surface area contributed by atoms with Crippen molar-refractivity contribution in [2.75, 3.05) is 0 Å². The number of fused-ring (bicyclic) bond motifs is 3. The molecule has 0 saturated carbocycles. The van der Waals surface area contributed by atoms with Crippen LogP contribution in [0.4, 0.5) is 0 Å². The van der Waals surface area contributed by atoms with Crippen LogP contribution >= 0.6 is 23.1 Å². The lowest BCUT2D eigenvalue weighted by atomic mass is 9.89.